The molecule has 0 unspecified atom stereocenters. The van der Waals surface area contributed by atoms with Crippen LogP contribution in [0, 0.1) is 0 Å². The molecule has 1 aromatic carbocycles. The number of carbonyl (C=O) groups is 1. The zero-order valence-corrected chi connectivity index (χ0v) is 8.40. The fraction of sp³-hybridized carbons (Fsp3) is 0.222. The topological polar surface area (TPSA) is 104 Å². The number of aromatic hydroxyl groups is 1. The van der Waals surface area contributed by atoms with E-state index in [1.807, 2.05) is 0 Å². The average Bonchev–Trinajstić information content (AvgIpc) is 2.19. The van der Waals surface area contributed by atoms with E-state index in [1.54, 1.807) is 0 Å². The standard InChI is InChI=1S/C9H10ClNO4/c10-5-1-4(3-12)8(13)6(2-5)7(11)9(14)15/h1-2,7,12-13H,3,11H2,(H,14,15)/t7-/m0/s1. The van der Waals surface area contributed by atoms with Crippen LogP contribution in [0.2, 0.25) is 5.02 Å². The fourth-order valence-corrected chi connectivity index (χ4v) is 1.42. The van der Waals surface area contributed by atoms with Gasteiger partial charge in [-0.1, -0.05) is 11.6 Å². The molecular formula is C9H10ClNO4. The molecular weight excluding hydrogens is 222 g/mol. The number of halogens is 1. The number of rotatable bonds is 3. The van der Waals surface area contributed by atoms with E-state index in [2.05, 4.69) is 0 Å². The van der Waals surface area contributed by atoms with Crippen molar-refractivity contribution in [1.82, 2.24) is 0 Å². The maximum atomic E-state index is 10.6. The Balaban J connectivity index is 3.28. The summed E-state index contributed by atoms with van der Waals surface area (Å²) in [4.78, 5) is 10.6. The van der Waals surface area contributed by atoms with Gasteiger partial charge in [-0.05, 0) is 12.1 Å². The Morgan fingerprint density at radius 1 is 1.53 bits per heavy atom. The minimum absolute atomic E-state index is 0.0148. The van der Waals surface area contributed by atoms with Gasteiger partial charge in [0.05, 0.1) is 6.61 Å². The van der Waals surface area contributed by atoms with Crippen molar-refractivity contribution in [3.05, 3.63) is 28.3 Å². The molecule has 5 nitrogen and oxygen atoms in total. The Labute approximate surface area is 90.7 Å². The van der Waals surface area contributed by atoms with E-state index < -0.39 is 18.6 Å². The zero-order valence-electron chi connectivity index (χ0n) is 7.64. The fourth-order valence-electron chi connectivity index (χ4n) is 1.17. The Morgan fingerprint density at radius 2 is 2.13 bits per heavy atom. The van der Waals surface area contributed by atoms with Crippen LogP contribution >= 0.6 is 11.6 Å². The lowest BCUT2D eigenvalue weighted by molar-refractivity contribution is -0.138. The van der Waals surface area contributed by atoms with Gasteiger partial charge in [-0.25, -0.2) is 0 Å². The molecule has 5 N–H and O–H groups in total. The van der Waals surface area contributed by atoms with E-state index in [0.29, 0.717) is 0 Å². The third-order valence-corrected chi connectivity index (χ3v) is 2.17. The second-order valence-electron chi connectivity index (χ2n) is 2.98. The molecule has 0 radical (unpaired) electrons. The molecule has 82 valence electrons. The average molecular weight is 232 g/mol. The number of hydrogen-bond donors (Lipinski definition) is 4. The van der Waals surface area contributed by atoms with Crippen LogP contribution in [0.1, 0.15) is 17.2 Å². The van der Waals surface area contributed by atoms with Crippen molar-refractivity contribution < 1.29 is 20.1 Å². The van der Waals surface area contributed by atoms with Crippen molar-refractivity contribution in [3.63, 3.8) is 0 Å². The number of aliphatic carboxylic acids is 1. The van der Waals surface area contributed by atoms with Gasteiger partial charge in [-0.3, -0.25) is 4.79 Å². The number of carboxylic acid groups (broad SMARTS) is 1. The van der Waals surface area contributed by atoms with Crippen LogP contribution in [0.3, 0.4) is 0 Å². The molecule has 6 heteroatoms. The van der Waals surface area contributed by atoms with Crippen LogP contribution in [0.25, 0.3) is 0 Å². The predicted molar refractivity (Wildman–Crippen MR) is 53.6 cm³/mol. The summed E-state index contributed by atoms with van der Waals surface area (Å²) >= 11 is 5.68. The highest BCUT2D eigenvalue weighted by molar-refractivity contribution is 6.30. The summed E-state index contributed by atoms with van der Waals surface area (Å²) in [5, 5.41) is 27.3. The highest BCUT2D eigenvalue weighted by atomic mass is 35.5. The Bertz CT molecular complexity index is 394. The molecule has 0 saturated carbocycles. The number of phenols is 1. The first-order chi connectivity index (χ1) is 6.97. The van der Waals surface area contributed by atoms with Gasteiger partial charge >= 0.3 is 5.97 Å². The molecule has 0 aromatic heterocycles. The van der Waals surface area contributed by atoms with Crippen molar-refractivity contribution in [2.24, 2.45) is 5.73 Å². The van der Waals surface area contributed by atoms with Gasteiger partial charge in [-0.15, -0.1) is 0 Å². The molecule has 0 bridgehead atoms. The zero-order chi connectivity index (χ0) is 11.6. The molecule has 0 spiro atoms. The summed E-state index contributed by atoms with van der Waals surface area (Å²) in [6.45, 7) is -0.439. The molecule has 1 aromatic rings. The first-order valence-corrected chi connectivity index (χ1v) is 4.45. The number of nitrogens with two attached hydrogens (primary N) is 1. The normalized spacial score (nSPS) is 12.5. The van der Waals surface area contributed by atoms with Crippen LogP contribution in [0.15, 0.2) is 12.1 Å². The van der Waals surface area contributed by atoms with E-state index in [4.69, 9.17) is 27.5 Å². The largest absolute Gasteiger partial charge is 0.507 e. The first kappa shape index (κ1) is 11.8. The van der Waals surface area contributed by atoms with Crippen LogP contribution in [-0.2, 0) is 11.4 Å². The second-order valence-corrected chi connectivity index (χ2v) is 3.41. The smallest absolute Gasteiger partial charge is 0.325 e. The minimum Gasteiger partial charge on any atom is -0.507 e. The quantitative estimate of drug-likeness (QED) is 0.611. The van der Waals surface area contributed by atoms with E-state index in [0.717, 1.165) is 0 Å². The Kier molecular flexibility index (Phi) is 3.52. The summed E-state index contributed by atoms with van der Waals surface area (Å²) in [6.07, 6.45) is 0. The van der Waals surface area contributed by atoms with Crippen LogP contribution in [0.5, 0.6) is 5.75 Å². The van der Waals surface area contributed by atoms with Crippen molar-refractivity contribution in [2.45, 2.75) is 12.6 Å². The van der Waals surface area contributed by atoms with E-state index in [-0.39, 0.29) is 21.9 Å². The Hall–Kier alpha value is -1.30. The summed E-state index contributed by atoms with van der Waals surface area (Å²) < 4.78 is 0. The third-order valence-electron chi connectivity index (χ3n) is 1.95. The predicted octanol–water partition coefficient (Wildman–Crippen LogP) is 0.622. The van der Waals surface area contributed by atoms with Gasteiger partial charge in [0.1, 0.15) is 11.8 Å². The Morgan fingerprint density at radius 3 is 2.60 bits per heavy atom. The minimum atomic E-state index is -1.37. The summed E-state index contributed by atoms with van der Waals surface area (Å²) in [7, 11) is 0. The van der Waals surface area contributed by atoms with Gasteiger partial charge in [0.25, 0.3) is 0 Å². The number of carboxylic acids is 1. The summed E-state index contributed by atoms with van der Waals surface area (Å²) in [6, 6.07) is 1.23. The highest BCUT2D eigenvalue weighted by Crippen LogP contribution is 2.30. The SMILES string of the molecule is N[C@H](C(=O)O)c1cc(Cl)cc(CO)c1O. The van der Waals surface area contributed by atoms with E-state index >= 15 is 0 Å². The van der Waals surface area contributed by atoms with Gasteiger partial charge < -0.3 is 21.1 Å². The molecule has 0 aliphatic heterocycles. The number of aliphatic hydroxyl groups is 1. The monoisotopic (exact) mass is 231 g/mol. The van der Waals surface area contributed by atoms with Crippen molar-refractivity contribution in [3.8, 4) is 5.75 Å². The lowest BCUT2D eigenvalue weighted by Gasteiger charge is -2.12. The molecule has 0 saturated heterocycles. The molecule has 0 aliphatic carbocycles. The number of aliphatic hydroxyl groups excluding tert-OH is 1. The van der Waals surface area contributed by atoms with Crippen molar-refractivity contribution >= 4 is 17.6 Å². The summed E-state index contributed by atoms with van der Waals surface area (Å²) in [5.74, 6) is -1.62. The van der Waals surface area contributed by atoms with Crippen molar-refractivity contribution in [2.75, 3.05) is 0 Å². The van der Waals surface area contributed by atoms with E-state index in [1.165, 1.54) is 12.1 Å². The highest BCUT2D eigenvalue weighted by Gasteiger charge is 2.20. The maximum absolute atomic E-state index is 10.6. The van der Waals surface area contributed by atoms with Gasteiger partial charge in [0.2, 0.25) is 0 Å². The lowest BCUT2D eigenvalue weighted by Crippen LogP contribution is -2.21. The molecule has 0 heterocycles. The van der Waals surface area contributed by atoms with Gasteiger partial charge in [0.15, 0.2) is 0 Å². The van der Waals surface area contributed by atoms with Crippen LogP contribution in [0.4, 0.5) is 0 Å². The van der Waals surface area contributed by atoms with Gasteiger partial charge in [0, 0.05) is 16.1 Å². The van der Waals surface area contributed by atoms with Crippen molar-refractivity contribution in [1.29, 1.82) is 0 Å². The molecule has 15 heavy (non-hydrogen) atoms. The second kappa shape index (κ2) is 4.48. The molecule has 0 amide bonds. The van der Waals surface area contributed by atoms with E-state index in [9.17, 15) is 9.90 Å². The molecule has 1 atom stereocenters. The molecule has 0 fully saturated rings. The maximum Gasteiger partial charge on any atom is 0.325 e. The molecule has 0 aliphatic rings. The lowest BCUT2D eigenvalue weighted by atomic mass is 10.0. The first-order valence-electron chi connectivity index (χ1n) is 4.08. The van der Waals surface area contributed by atoms with Gasteiger partial charge in [-0.2, -0.15) is 0 Å². The van der Waals surface area contributed by atoms with Crippen LogP contribution < -0.4 is 5.73 Å². The number of benzene rings is 1. The summed E-state index contributed by atoms with van der Waals surface area (Å²) in [5.41, 5.74) is 5.46. The third kappa shape index (κ3) is 2.38. The van der Waals surface area contributed by atoms with Crippen LogP contribution in [-0.4, -0.2) is 21.3 Å². The molecule has 1 rings (SSSR count). The number of hydrogen-bond acceptors (Lipinski definition) is 4.